The molecule has 2 heterocycles. The summed E-state index contributed by atoms with van der Waals surface area (Å²) in [6.07, 6.45) is 0.497. The van der Waals surface area contributed by atoms with Gasteiger partial charge in [0.15, 0.2) is 17.3 Å². The van der Waals surface area contributed by atoms with E-state index in [9.17, 15) is 9.90 Å². The fourth-order valence-corrected chi connectivity index (χ4v) is 2.85. The minimum Gasteiger partial charge on any atom is -0.486 e. The van der Waals surface area contributed by atoms with E-state index in [1.54, 1.807) is 24.3 Å². The highest BCUT2D eigenvalue weighted by Gasteiger charge is 2.23. The van der Waals surface area contributed by atoms with Crippen molar-refractivity contribution in [3.05, 3.63) is 77.7 Å². The molecule has 2 N–H and O–H groups in total. The van der Waals surface area contributed by atoms with Gasteiger partial charge in [0.2, 0.25) is 0 Å². The number of carbonyl (C=O) groups is 1. The van der Waals surface area contributed by atoms with Crippen LogP contribution in [-0.4, -0.2) is 24.2 Å². The third kappa shape index (κ3) is 3.14. The van der Waals surface area contributed by atoms with Gasteiger partial charge in [-0.2, -0.15) is 0 Å². The number of benzene rings is 2. The van der Waals surface area contributed by atoms with Crippen LogP contribution in [0.2, 0.25) is 0 Å². The largest absolute Gasteiger partial charge is 0.486 e. The van der Waals surface area contributed by atoms with Gasteiger partial charge in [-0.05, 0) is 23.8 Å². The normalized spacial score (nSPS) is 13.9. The first-order valence-electron chi connectivity index (χ1n) is 8.24. The first kappa shape index (κ1) is 16.2. The smallest absolute Gasteiger partial charge is 0.291 e. The van der Waals surface area contributed by atoms with E-state index in [1.807, 2.05) is 30.3 Å². The SMILES string of the molecule is O=C(Nc1cc2c(cc1[C@@H](O)c1ccccc1)OCCO2)c1ccco1. The standard InChI is InChI=1S/C20H17NO5/c22-19(13-5-2-1-3-6-13)14-11-17-18(26-10-9-25-17)12-15(14)21-20(23)16-7-4-8-24-16/h1-8,11-12,19,22H,9-10H2,(H,21,23)/t19-/m0/s1. The van der Waals surface area contributed by atoms with E-state index in [2.05, 4.69) is 5.32 Å². The fraction of sp³-hybridized carbons (Fsp3) is 0.150. The Kier molecular flexibility index (Phi) is 4.33. The summed E-state index contributed by atoms with van der Waals surface area (Å²) in [6.45, 7) is 0.866. The van der Waals surface area contributed by atoms with Crippen LogP contribution in [0.25, 0.3) is 0 Å². The molecule has 1 aliphatic rings. The summed E-state index contributed by atoms with van der Waals surface area (Å²) in [5.41, 5.74) is 1.66. The molecule has 0 saturated carbocycles. The summed E-state index contributed by atoms with van der Waals surface area (Å²) < 4.78 is 16.3. The van der Waals surface area contributed by atoms with E-state index in [-0.39, 0.29) is 5.76 Å². The average Bonchev–Trinajstić information content (AvgIpc) is 3.22. The molecule has 2 aromatic carbocycles. The summed E-state index contributed by atoms with van der Waals surface area (Å²) in [7, 11) is 0. The van der Waals surface area contributed by atoms with Crippen molar-refractivity contribution in [2.45, 2.75) is 6.10 Å². The Morgan fingerprint density at radius 2 is 1.73 bits per heavy atom. The monoisotopic (exact) mass is 351 g/mol. The Morgan fingerprint density at radius 3 is 2.42 bits per heavy atom. The lowest BCUT2D eigenvalue weighted by atomic mass is 9.99. The van der Waals surface area contributed by atoms with Crippen molar-refractivity contribution in [1.29, 1.82) is 0 Å². The van der Waals surface area contributed by atoms with Gasteiger partial charge < -0.3 is 24.3 Å². The number of aliphatic hydroxyl groups excluding tert-OH is 1. The van der Waals surface area contributed by atoms with Gasteiger partial charge >= 0.3 is 0 Å². The third-order valence-electron chi connectivity index (χ3n) is 4.12. The van der Waals surface area contributed by atoms with Crippen LogP contribution in [-0.2, 0) is 0 Å². The highest BCUT2D eigenvalue weighted by molar-refractivity contribution is 6.03. The Bertz CT molecular complexity index is 905. The molecule has 1 atom stereocenters. The van der Waals surface area contributed by atoms with Gasteiger partial charge in [0.1, 0.15) is 19.3 Å². The number of hydrogen-bond acceptors (Lipinski definition) is 5. The van der Waals surface area contributed by atoms with E-state index < -0.39 is 12.0 Å². The lowest BCUT2D eigenvalue weighted by molar-refractivity contribution is 0.0996. The average molecular weight is 351 g/mol. The highest BCUT2D eigenvalue weighted by atomic mass is 16.6. The molecule has 26 heavy (non-hydrogen) atoms. The van der Waals surface area contributed by atoms with Gasteiger partial charge in [-0.25, -0.2) is 0 Å². The molecule has 4 rings (SSSR count). The van der Waals surface area contributed by atoms with Crippen LogP contribution in [0, 0.1) is 0 Å². The molecule has 0 spiro atoms. The maximum absolute atomic E-state index is 12.4. The maximum Gasteiger partial charge on any atom is 0.291 e. The second-order valence-electron chi connectivity index (χ2n) is 5.83. The van der Waals surface area contributed by atoms with Gasteiger partial charge in [-0.15, -0.1) is 0 Å². The Hall–Kier alpha value is -3.25. The van der Waals surface area contributed by atoms with Gasteiger partial charge in [0.25, 0.3) is 5.91 Å². The molecular weight excluding hydrogens is 334 g/mol. The number of nitrogens with one attached hydrogen (secondary N) is 1. The van der Waals surface area contributed by atoms with Gasteiger partial charge in [-0.3, -0.25) is 4.79 Å². The zero-order valence-corrected chi connectivity index (χ0v) is 13.8. The molecule has 0 unspecified atom stereocenters. The summed E-state index contributed by atoms with van der Waals surface area (Å²) in [4.78, 5) is 12.4. The molecule has 0 aliphatic carbocycles. The Balaban J connectivity index is 1.74. The van der Waals surface area contributed by atoms with Crippen molar-refractivity contribution in [3.63, 3.8) is 0 Å². The predicted molar refractivity (Wildman–Crippen MR) is 94.6 cm³/mol. The van der Waals surface area contributed by atoms with Crippen LogP contribution in [0.4, 0.5) is 5.69 Å². The number of furan rings is 1. The molecule has 1 aliphatic heterocycles. The van der Waals surface area contributed by atoms with Crippen LogP contribution >= 0.6 is 0 Å². The number of hydrogen-bond donors (Lipinski definition) is 2. The molecule has 6 nitrogen and oxygen atoms in total. The summed E-state index contributed by atoms with van der Waals surface area (Å²) in [6, 6.07) is 15.8. The number of amides is 1. The minimum atomic E-state index is -0.932. The number of carbonyl (C=O) groups excluding carboxylic acids is 1. The second kappa shape index (κ2) is 6.93. The van der Waals surface area contributed by atoms with E-state index in [0.29, 0.717) is 41.5 Å². The highest BCUT2D eigenvalue weighted by Crippen LogP contribution is 2.39. The van der Waals surface area contributed by atoms with Crippen LogP contribution in [0.5, 0.6) is 11.5 Å². The van der Waals surface area contributed by atoms with Crippen LogP contribution in [0.15, 0.2) is 65.3 Å². The van der Waals surface area contributed by atoms with Gasteiger partial charge in [0, 0.05) is 11.6 Å². The number of aliphatic hydroxyl groups is 1. The first-order valence-corrected chi connectivity index (χ1v) is 8.24. The van der Waals surface area contributed by atoms with E-state index >= 15 is 0 Å². The molecule has 1 aromatic heterocycles. The van der Waals surface area contributed by atoms with Crippen LogP contribution in [0.1, 0.15) is 27.8 Å². The zero-order chi connectivity index (χ0) is 17.9. The summed E-state index contributed by atoms with van der Waals surface area (Å²) >= 11 is 0. The second-order valence-corrected chi connectivity index (χ2v) is 5.83. The summed E-state index contributed by atoms with van der Waals surface area (Å²) in [5, 5.41) is 13.6. The van der Waals surface area contributed by atoms with Crippen molar-refractivity contribution in [2.24, 2.45) is 0 Å². The molecule has 6 heteroatoms. The number of anilines is 1. The van der Waals surface area contributed by atoms with Gasteiger partial charge in [-0.1, -0.05) is 30.3 Å². The van der Waals surface area contributed by atoms with Crippen molar-refractivity contribution in [1.82, 2.24) is 0 Å². The number of rotatable bonds is 4. The molecule has 0 saturated heterocycles. The Labute approximate surface area is 150 Å². The quantitative estimate of drug-likeness (QED) is 0.753. The van der Waals surface area contributed by atoms with E-state index in [4.69, 9.17) is 13.9 Å². The van der Waals surface area contributed by atoms with Gasteiger partial charge in [0.05, 0.1) is 12.0 Å². The fourth-order valence-electron chi connectivity index (χ4n) is 2.85. The molecule has 3 aromatic rings. The zero-order valence-electron chi connectivity index (χ0n) is 13.8. The molecule has 0 fully saturated rings. The molecule has 1 amide bonds. The maximum atomic E-state index is 12.4. The van der Waals surface area contributed by atoms with Crippen LogP contribution < -0.4 is 14.8 Å². The molecule has 132 valence electrons. The van der Waals surface area contributed by atoms with E-state index in [0.717, 1.165) is 0 Å². The molecule has 0 bridgehead atoms. The number of ether oxygens (including phenoxy) is 2. The van der Waals surface area contributed by atoms with Crippen LogP contribution in [0.3, 0.4) is 0 Å². The Morgan fingerprint density at radius 1 is 1.00 bits per heavy atom. The minimum absolute atomic E-state index is 0.181. The summed E-state index contributed by atoms with van der Waals surface area (Å²) in [5.74, 6) is 0.834. The van der Waals surface area contributed by atoms with Crippen molar-refractivity contribution >= 4 is 11.6 Å². The first-order chi connectivity index (χ1) is 12.7. The topological polar surface area (TPSA) is 80.9 Å². The lowest BCUT2D eigenvalue weighted by Crippen LogP contribution is -2.18. The predicted octanol–water partition coefficient (Wildman–Crippen LogP) is 3.38. The number of fused-ring (bicyclic) bond motifs is 1. The van der Waals surface area contributed by atoms with Crippen molar-refractivity contribution < 1.29 is 23.8 Å². The third-order valence-corrected chi connectivity index (χ3v) is 4.12. The van der Waals surface area contributed by atoms with Crippen molar-refractivity contribution in [2.75, 3.05) is 18.5 Å². The van der Waals surface area contributed by atoms with Crippen molar-refractivity contribution in [3.8, 4) is 11.5 Å². The lowest BCUT2D eigenvalue weighted by Gasteiger charge is -2.23. The molecule has 0 radical (unpaired) electrons. The van der Waals surface area contributed by atoms with E-state index in [1.165, 1.54) is 6.26 Å². The molecular formula is C20H17NO5.